The summed E-state index contributed by atoms with van der Waals surface area (Å²) in [5.41, 5.74) is 1.22. The fourth-order valence-corrected chi connectivity index (χ4v) is 3.26. The van der Waals surface area contributed by atoms with E-state index < -0.39 is 0 Å². The number of unbranched alkanes of at least 4 members (excludes halogenated alkanes) is 2. The first-order valence-corrected chi connectivity index (χ1v) is 9.19. The third-order valence-electron chi connectivity index (χ3n) is 4.73. The molecule has 1 amide bonds. The highest BCUT2D eigenvalue weighted by Gasteiger charge is 2.23. The second-order valence-corrected chi connectivity index (χ2v) is 6.89. The molecule has 6 heteroatoms. The van der Waals surface area contributed by atoms with Crippen LogP contribution in [-0.4, -0.2) is 58.2 Å². The van der Waals surface area contributed by atoms with Crippen molar-refractivity contribution >= 4 is 5.91 Å². The van der Waals surface area contributed by atoms with Gasteiger partial charge < -0.3 is 9.32 Å². The maximum atomic E-state index is 12.4. The smallest absolute Gasteiger partial charge is 0.289 e. The molecule has 0 bridgehead atoms. The highest BCUT2D eigenvalue weighted by molar-refractivity contribution is 5.91. The Kier molecular flexibility index (Phi) is 5.91. The van der Waals surface area contributed by atoms with Gasteiger partial charge in [-0.15, -0.1) is 0 Å². The molecule has 25 heavy (non-hydrogen) atoms. The first-order valence-electron chi connectivity index (χ1n) is 9.19. The molecule has 1 fully saturated rings. The Balaban J connectivity index is 1.30. The van der Waals surface area contributed by atoms with E-state index in [-0.39, 0.29) is 5.91 Å². The van der Waals surface area contributed by atoms with Crippen LogP contribution in [-0.2, 0) is 6.54 Å². The van der Waals surface area contributed by atoms with Crippen LogP contribution >= 0.6 is 0 Å². The molecule has 0 saturated carbocycles. The molecule has 2 aromatic heterocycles. The minimum absolute atomic E-state index is 0.0160. The van der Waals surface area contributed by atoms with Crippen molar-refractivity contribution in [2.24, 2.45) is 0 Å². The molecular formula is C19H28N4O2. The summed E-state index contributed by atoms with van der Waals surface area (Å²) < 4.78 is 7.47. The molecule has 3 heterocycles. The molecule has 0 unspecified atom stereocenters. The highest BCUT2D eigenvalue weighted by Crippen LogP contribution is 2.12. The van der Waals surface area contributed by atoms with Gasteiger partial charge in [0, 0.05) is 38.9 Å². The molecule has 0 N–H and O–H groups in total. The number of rotatable bonds is 7. The maximum absolute atomic E-state index is 12.4. The second kappa shape index (κ2) is 8.34. The van der Waals surface area contributed by atoms with Crippen molar-refractivity contribution < 1.29 is 9.21 Å². The van der Waals surface area contributed by atoms with E-state index in [0.717, 1.165) is 51.4 Å². The third kappa shape index (κ3) is 4.95. The minimum Gasteiger partial charge on any atom is -0.456 e. The van der Waals surface area contributed by atoms with Crippen molar-refractivity contribution in [2.75, 3.05) is 32.7 Å². The van der Waals surface area contributed by atoms with Crippen LogP contribution in [0.5, 0.6) is 0 Å². The predicted octanol–water partition coefficient (Wildman–Crippen LogP) is 2.72. The van der Waals surface area contributed by atoms with Gasteiger partial charge in [-0.1, -0.05) is 6.42 Å². The summed E-state index contributed by atoms with van der Waals surface area (Å²) in [7, 11) is 0. The molecule has 3 rings (SSSR count). The van der Waals surface area contributed by atoms with Crippen molar-refractivity contribution in [3.8, 4) is 0 Å². The van der Waals surface area contributed by atoms with E-state index in [1.807, 2.05) is 28.8 Å². The summed E-state index contributed by atoms with van der Waals surface area (Å²) in [5, 5.41) is 4.32. The van der Waals surface area contributed by atoms with E-state index in [9.17, 15) is 4.79 Å². The van der Waals surface area contributed by atoms with Crippen molar-refractivity contribution in [3.63, 3.8) is 0 Å². The number of carbonyl (C=O) groups is 1. The van der Waals surface area contributed by atoms with Crippen LogP contribution in [0.15, 0.2) is 28.9 Å². The number of aromatic nitrogens is 2. The number of hydrogen-bond acceptors (Lipinski definition) is 4. The van der Waals surface area contributed by atoms with E-state index in [4.69, 9.17) is 4.42 Å². The number of aryl methyl sites for hydroxylation is 3. The maximum Gasteiger partial charge on any atom is 0.289 e. The van der Waals surface area contributed by atoms with Crippen LogP contribution in [0.3, 0.4) is 0 Å². The van der Waals surface area contributed by atoms with Gasteiger partial charge in [-0.2, -0.15) is 5.10 Å². The number of piperazine rings is 1. The van der Waals surface area contributed by atoms with E-state index in [1.165, 1.54) is 18.4 Å². The number of hydrogen-bond donors (Lipinski definition) is 0. The zero-order valence-corrected chi connectivity index (χ0v) is 15.3. The quantitative estimate of drug-likeness (QED) is 0.725. The standard InChI is InChI=1S/C19H28N4O2/c1-16-14-20-23(15-16)9-5-3-4-8-21-10-12-22(13-11-21)19(24)18-7-6-17(2)25-18/h6-7,14-15H,3-5,8-13H2,1-2H3. The fraction of sp³-hybridized carbons (Fsp3) is 0.579. The molecule has 6 nitrogen and oxygen atoms in total. The first-order chi connectivity index (χ1) is 12.1. The summed E-state index contributed by atoms with van der Waals surface area (Å²) in [4.78, 5) is 16.7. The van der Waals surface area contributed by atoms with Crippen LogP contribution < -0.4 is 0 Å². The van der Waals surface area contributed by atoms with E-state index >= 15 is 0 Å². The lowest BCUT2D eigenvalue weighted by Crippen LogP contribution is -2.48. The lowest BCUT2D eigenvalue weighted by molar-refractivity contribution is 0.0603. The Bertz CT molecular complexity index is 683. The molecule has 1 saturated heterocycles. The zero-order chi connectivity index (χ0) is 17.6. The van der Waals surface area contributed by atoms with Gasteiger partial charge in [-0.3, -0.25) is 14.4 Å². The normalized spacial score (nSPS) is 15.7. The topological polar surface area (TPSA) is 54.5 Å². The molecule has 0 radical (unpaired) electrons. The Morgan fingerprint density at radius 2 is 1.84 bits per heavy atom. The highest BCUT2D eigenvalue weighted by atomic mass is 16.3. The predicted molar refractivity (Wildman–Crippen MR) is 96.6 cm³/mol. The van der Waals surface area contributed by atoms with Gasteiger partial charge in [0.25, 0.3) is 5.91 Å². The first kappa shape index (κ1) is 17.7. The average molecular weight is 344 g/mol. The molecule has 1 aliphatic rings. The van der Waals surface area contributed by atoms with Crippen molar-refractivity contribution in [1.29, 1.82) is 0 Å². The van der Waals surface area contributed by atoms with E-state index in [0.29, 0.717) is 5.76 Å². The fourth-order valence-electron chi connectivity index (χ4n) is 3.26. The number of nitrogens with zero attached hydrogens (tertiary/aromatic N) is 4. The summed E-state index contributed by atoms with van der Waals surface area (Å²) in [6.45, 7) is 9.51. The Labute approximate surface area is 149 Å². The van der Waals surface area contributed by atoms with Crippen LogP contribution in [0.25, 0.3) is 0 Å². The van der Waals surface area contributed by atoms with Gasteiger partial charge in [0.15, 0.2) is 5.76 Å². The minimum atomic E-state index is 0.0160. The molecule has 0 aromatic carbocycles. The molecule has 2 aromatic rings. The largest absolute Gasteiger partial charge is 0.456 e. The summed E-state index contributed by atoms with van der Waals surface area (Å²) in [6, 6.07) is 3.61. The lowest BCUT2D eigenvalue weighted by atomic mass is 10.2. The molecule has 0 atom stereocenters. The Morgan fingerprint density at radius 3 is 2.48 bits per heavy atom. The monoisotopic (exact) mass is 344 g/mol. The number of amides is 1. The van der Waals surface area contributed by atoms with Crippen LogP contribution in [0.4, 0.5) is 0 Å². The van der Waals surface area contributed by atoms with Crippen molar-refractivity contribution in [1.82, 2.24) is 19.6 Å². The van der Waals surface area contributed by atoms with Gasteiger partial charge in [0.05, 0.1) is 6.20 Å². The summed E-state index contributed by atoms with van der Waals surface area (Å²) >= 11 is 0. The Hall–Kier alpha value is -2.08. The van der Waals surface area contributed by atoms with Crippen LogP contribution in [0.1, 0.15) is 41.1 Å². The molecular weight excluding hydrogens is 316 g/mol. The molecule has 1 aliphatic heterocycles. The van der Waals surface area contributed by atoms with Crippen LogP contribution in [0, 0.1) is 13.8 Å². The third-order valence-corrected chi connectivity index (χ3v) is 4.73. The summed E-state index contributed by atoms with van der Waals surface area (Å²) in [6.07, 6.45) is 7.58. The van der Waals surface area contributed by atoms with Gasteiger partial charge in [0.1, 0.15) is 5.76 Å². The van der Waals surface area contributed by atoms with Crippen LogP contribution in [0.2, 0.25) is 0 Å². The van der Waals surface area contributed by atoms with Gasteiger partial charge in [-0.05, 0) is 50.9 Å². The zero-order valence-electron chi connectivity index (χ0n) is 15.3. The second-order valence-electron chi connectivity index (χ2n) is 6.89. The van der Waals surface area contributed by atoms with Crippen molar-refractivity contribution in [3.05, 3.63) is 41.6 Å². The average Bonchev–Trinajstić information content (AvgIpc) is 3.23. The molecule has 0 aliphatic carbocycles. The van der Waals surface area contributed by atoms with Gasteiger partial charge in [-0.25, -0.2) is 0 Å². The number of carbonyl (C=O) groups excluding carboxylic acids is 1. The van der Waals surface area contributed by atoms with E-state index in [2.05, 4.69) is 23.1 Å². The SMILES string of the molecule is Cc1cnn(CCCCCN2CCN(C(=O)c3ccc(C)o3)CC2)c1. The van der Waals surface area contributed by atoms with Gasteiger partial charge >= 0.3 is 0 Å². The Morgan fingerprint density at radius 1 is 1.08 bits per heavy atom. The van der Waals surface area contributed by atoms with E-state index in [1.54, 1.807) is 6.07 Å². The lowest BCUT2D eigenvalue weighted by Gasteiger charge is -2.34. The molecule has 136 valence electrons. The van der Waals surface area contributed by atoms with Crippen molar-refractivity contribution in [2.45, 2.75) is 39.7 Å². The summed E-state index contributed by atoms with van der Waals surface area (Å²) in [5.74, 6) is 1.26. The van der Waals surface area contributed by atoms with Gasteiger partial charge in [0.2, 0.25) is 0 Å². The number of furan rings is 1. The molecule has 0 spiro atoms.